The first-order chi connectivity index (χ1) is 33.8. The van der Waals surface area contributed by atoms with Gasteiger partial charge in [0.25, 0.3) is 0 Å². The summed E-state index contributed by atoms with van der Waals surface area (Å²) >= 11 is 0. The minimum atomic E-state index is -4.39. The summed E-state index contributed by atoms with van der Waals surface area (Å²) in [5, 5.41) is 0. The Morgan fingerprint density at radius 1 is 0.449 bits per heavy atom. The van der Waals surface area contributed by atoms with Crippen molar-refractivity contribution in [2.45, 2.75) is 251 Å². The predicted molar refractivity (Wildman–Crippen MR) is 293 cm³/mol. The summed E-state index contributed by atoms with van der Waals surface area (Å²) < 4.78 is 33.0. The van der Waals surface area contributed by atoms with Crippen LogP contribution in [0, 0.1) is 0 Å². The van der Waals surface area contributed by atoms with Crippen molar-refractivity contribution < 1.29 is 37.6 Å². The molecule has 3 N–H and O–H groups in total. The van der Waals surface area contributed by atoms with Crippen molar-refractivity contribution in [1.82, 2.24) is 0 Å². The van der Waals surface area contributed by atoms with Gasteiger partial charge in [0.15, 0.2) is 6.10 Å². The van der Waals surface area contributed by atoms with Crippen LogP contribution in [-0.2, 0) is 32.7 Å². The molecule has 0 aliphatic rings. The molecule has 0 amide bonds. The molecule has 0 aromatic heterocycles. The van der Waals surface area contributed by atoms with Crippen LogP contribution in [0.4, 0.5) is 0 Å². The topological polar surface area (TPSA) is 134 Å². The van der Waals surface area contributed by atoms with Crippen molar-refractivity contribution in [2.24, 2.45) is 5.73 Å². The van der Waals surface area contributed by atoms with Crippen LogP contribution in [0.5, 0.6) is 0 Å². The van der Waals surface area contributed by atoms with Crippen LogP contribution in [0.3, 0.4) is 0 Å². The fraction of sp³-hybridized carbons (Fsp3) is 0.729. The zero-order chi connectivity index (χ0) is 50.2. The summed E-state index contributed by atoms with van der Waals surface area (Å²) in [4.78, 5) is 35.1. The van der Waals surface area contributed by atoms with E-state index in [1.807, 2.05) is 0 Å². The maximum Gasteiger partial charge on any atom is 0.472 e. The lowest BCUT2D eigenvalue weighted by molar-refractivity contribution is -0.161. The number of hydrogen-bond donors (Lipinski definition) is 2. The van der Waals surface area contributed by atoms with E-state index in [0.29, 0.717) is 6.42 Å². The van der Waals surface area contributed by atoms with Gasteiger partial charge in [0.05, 0.1) is 13.2 Å². The number of ether oxygens (including phenoxy) is 2. The molecule has 0 fully saturated rings. The van der Waals surface area contributed by atoms with Crippen molar-refractivity contribution in [1.29, 1.82) is 0 Å². The van der Waals surface area contributed by atoms with E-state index < -0.39 is 26.5 Å². The van der Waals surface area contributed by atoms with Crippen molar-refractivity contribution in [3.05, 3.63) is 85.1 Å². The summed E-state index contributed by atoms with van der Waals surface area (Å²) in [6, 6.07) is 0. The molecular formula is C59H104NO8P. The Kier molecular flexibility index (Phi) is 52.3. The van der Waals surface area contributed by atoms with Gasteiger partial charge in [-0.2, -0.15) is 0 Å². The molecule has 10 heteroatoms. The van der Waals surface area contributed by atoms with E-state index in [-0.39, 0.29) is 38.6 Å². The van der Waals surface area contributed by atoms with Gasteiger partial charge in [0.2, 0.25) is 0 Å². The smallest absolute Gasteiger partial charge is 0.462 e. The number of phosphoric ester groups is 1. The third-order valence-corrected chi connectivity index (χ3v) is 12.7. The second kappa shape index (κ2) is 54.5. The maximum atomic E-state index is 12.7. The van der Waals surface area contributed by atoms with Crippen molar-refractivity contribution in [3.8, 4) is 0 Å². The Morgan fingerprint density at radius 2 is 0.797 bits per heavy atom. The number of nitrogens with two attached hydrogens (primary N) is 1. The molecule has 0 aliphatic heterocycles. The lowest BCUT2D eigenvalue weighted by Gasteiger charge is -2.19. The zero-order valence-electron chi connectivity index (χ0n) is 44.3. The van der Waals surface area contributed by atoms with Gasteiger partial charge in [-0.15, -0.1) is 0 Å². The van der Waals surface area contributed by atoms with Crippen LogP contribution >= 0.6 is 7.82 Å². The summed E-state index contributed by atoms with van der Waals surface area (Å²) in [5.74, 6) is -0.844. The highest BCUT2D eigenvalue weighted by molar-refractivity contribution is 7.47. The highest BCUT2D eigenvalue weighted by Gasteiger charge is 2.26. The van der Waals surface area contributed by atoms with E-state index in [4.69, 9.17) is 24.3 Å². The number of rotatable bonds is 52. The van der Waals surface area contributed by atoms with E-state index in [1.54, 1.807) is 0 Å². The standard InChI is InChI=1S/C59H104NO8P/c1-3-5-7-9-11-13-15-17-19-21-23-24-25-26-27-28-29-30-31-32-34-35-37-39-41-43-45-47-49-51-58(61)65-55-57(56-67-69(63,64)66-54-53-60)68-59(62)52-50-48-46-44-42-40-38-36-33-22-20-18-16-14-12-10-8-6-4-2/h6,8,12,14-15,17-18,20-21,23,25-26,33,36,57H,3-5,7,9-11,13,16,19,22,24,27-32,34-35,37-56,60H2,1-2H3,(H,63,64)/b8-6-,14-12-,17-15-,20-18-,23-21-,26-25-,36-33-. The third kappa shape index (κ3) is 54.4. The number of carbonyl (C=O) groups excluding carboxylic acids is 2. The fourth-order valence-corrected chi connectivity index (χ4v) is 8.40. The first-order valence-electron chi connectivity index (χ1n) is 28.1. The Bertz CT molecular complexity index is 1400. The van der Waals surface area contributed by atoms with Gasteiger partial charge < -0.3 is 20.1 Å². The molecule has 2 atom stereocenters. The second-order valence-electron chi connectivity index (χ2n) is 18.4. The molecule has 0 spiro atoms. The number of esters is 2. The largest absolute Gasteiger partial charge is 0.472 e. The fourth-order valence-electron chi connectivity index (χ4n) is 7.63. The molecule has 0 saturated heterocycles. The SMILES string of the molecule is CC/C=C\C/C=C\C/C=C\C/C=C\CCCCCCCCC(=O)OC(COC(=O)CCCCCCCCCCCCCCCC/C=C\C/C=C\C/C=C\CCCCCCC)COP(=O)(O)OCCN. The maximum absolute atomic E-state index is 12.7. The number of allylic oxidation sites excluding steroid dienone is 14. The average molecular weight is 986 g/mol. The highest BCUT2D eigenvalue weighted by Crippen LogP contribution is 2.43. The molecule has 0 rings (SSSR count). The van der Waals surface area contributed by atoms with E-state index in [0.717, 1.165) is 96.3 Å². The van der Waals surface area contributed by atoms with Gasteiger partial charge in [-0.1, -0.05) is 227 Å². The first-order valence-corrected chi connectivity index (χ1v) is 29.6. The van der Waals surface area contributed by atoms with Gasteiger partial charge in [-0.05, 0) is 89.9 Å². The van der Waals surface area contributed by atoms with Gasteiger partial charge in [-0.25, -0.2) is 4.57 Å². The third-order valence-electron chi connectivity index (χ3n) is 11.8. The second-order valence-corrected chi connectivity index (χ2v) is 19.9. The summed E-state index contributed by atoms with van der Waals surface area (Å²) in [6.07, 6.45) is 70.6. The lowest BCUT2D eigenvalue weighted by Crippen LogP contribution is -2.29. The van der Waals surface area contributed by atoms with Crippen molar-refractivity contribution in [2.75, 3.05) is 26.4 Å². The quantitative estimate of drug-likeness (QED) is 0.0264. The van der Waals surface area contributed by atoms with Crippen molar-refractivity contribution >= 4 is 19.8 Å². The normalized spacial score (nSPS) is 13.7. The molecule has 0 aliphatic carbocycles. The molecule has 9 nitrogen and oxygen atoms in total. The van der Waals surface area contributed by atoms with Crippen LogP contribution in [0.1, 0.15) is 245 Å². The van der Waals surface area contributed by atoms with Gasteiger partial charge >= 0.3 is 19.8 Å². The molecule has 69 heavy (non-hydrogen) atoms. The van der Waals surface area contributed by atoms with Crippen LogP contribution in [0.15, 0.2) is 85.1 Å². The van der Waals surface area contributed by atoms with E-state index in [9.17, 15) is 19.0 Å². The van der Waals surface area contributed by atoms with Crippen LogP contribution in [0.2, 0.25) is 0 Å². The van der Waals surface area contributed by atoms with Gasteiger partial charge in [0, 0.05) is 19.4 Å². The molecule has 0 saturated carbocycles. The Morgan fingerprint density at radius 3 is 1.19 bits per heavy atom. The van der Waals surface area contributed by atoms with Crippen LogP contribution in [-0.4, -0.2) is 49.3 Å². The summed E-state index contributed by atoms with van der Waals surface area (Å²) in [7, 11) is -4.39. The van der Waals surface area contributed by atoms with E-state index >= 15 is 0 Å². The lowest BCUT2D eigenvalue weighted by atomic mass is 10.0. The number of phosphoric acid groups is 1. The molecule has 0 heterocycles. The molecule has 398 valence electrons. The number of carbonyl (C=O) groups is 2. The number of hydrogen-bond acceptors (Lipinski definition) is 8. The molecular weight excluding hydrogens is 882 g/mol. The minimum Gasteiger partial charge on any atom is -0.462 e. The Labute approximate surface area is 424 Å². The minimum absolute atomic E-state index is 0.0472. The number of unbranched alkanes of at least 4 members (excludes halogenated alkanes) is 25. The Hall–Kier alpha value is -2.81. The molecule has 2 unspecified atom stereocenters. The monoisotopic (exact) mass is 986 g/mol. The highest BCUT2D eigenvalue weighted by atomic mass is 31.2. The van der Waals surface area contributed by atoms with Gasteiger partial charge in [0.1, 0.15) is 6.61 Å². The van der Waals surface area contributed by atoms with Crippen molar-refractivity contribution in [3.63, 3.8) is 0 Å². The van der Waals surface area contributed by atoms with E-state index in [1.165, 1.54) is 116 Å². The average Bonchev–Trinajstić information content (AvgIpc) is 3.34. The zero-order valence-corrected chi connectivity index (χ0v) is 45.2. The summed E-state index contributed by atoms with van der Waals surface area (Å²) in [6.45, 7) is 3.61. The molecule has 0 radical (unpaired) electrons. The van der Waals surface area contributed by atoms with Crippen LogP contribution in [0.25, 0.3) is 0 Å². The van der Waals surface area contributed by atoms with Gasteiger partial charge in [-0.3, -0.25) is 18.6 Å². The first kappa shape index (κ1) is 66.2. The summed E-state index contributed by atoms with van der Waals surface area (Å²) in [5.41, 5.74) is 5.37. The predicted octanol–water partition coefficient (Wildman–Crippen LogP) is 17.5. The van der Waals surface area contributed by atoms with E-state index in [2.05, 4.69) is 98.9 Å². The molecule has 0 aromatic rings. The molecule has 0 aromatic carbocycles. The Balaban J connectivity index is 3.99. The molecule has 0 bridgehead atoms. The van der Waals surface area contributed by atoms with Crippen LogP contribution < -0.4 is 5.73 Å².